The molecule has 4 nitrogen and oxygen atoms in total. The van der Waals surface area contributed by atoms with Crippen LogP contribution in [0.3, 0.4) is 0 Å². The van der Waals surface area contributed by atoms with Gasteiger partial charge in [-0.15, -0.1) is 0 Å². The van der Waals surface area contributed by atoms with Crippen LogP contribution >= 0.6 is 0 Å². The third-order valence-corrected chi connectivity index (χ3v) is 3.24. The fraction of sp³-hybridized carbons (Fsp3) is 0.600. The molecule has 1 atom stereocenters. The first kappa shape index (κ1) is 15.8. The molecule has 1 aromatic rings. The van der Waals surface area contributed by atoms with Crippen LogP contribution in [0.25, 0.3) is 0 Å². The molecule has 0 heterocycles. The smallest absolute Gasteiger partial charge is 0.123 e. The van der Waals surface area contributed by atoms with Gasteiger partial charge in [0.15, 0.2) is 0 Å². The Balaban J connectivity index is 2.47. The Kier molecular flexibility index (Phi) is 6.12. The third kappa shape index (κ3) is 5.49. The van der Waals surface area contributed by atoms with Crippen LogP contribution in [-0.2, 0) is 6.54 Å². The molecule has 3 N–H and O–H groups in total. The summed E-state index contributed by atoms with van der Waals surface area (Å²) in [6.07, 6.45) is 1.14. The quantitative estimate of drug-likeness (QED) is 0.708. The normalized spacial score (nSPS) is 13.2. The number of phenols is 2. The van der Waals surface area contributed by atoms with Crippen molar-refractivity contribution in [3.05, 3.63) is 23.8 Å². The average Bonchev–Trinajstić information content (AvgIpc) is 2.29. The van der Waals surface area contributed by atoms with Gasteiger partial charge in [-0.1, -0.05) is 19.9 Å². The van der Waals surface area contributed by atoms with E-state index in [1.807, 2.05) is 0 Å². The van der Waals surface area contributed by atoms with Crippen molar-refractivity contribution in [3.63, 3.8) is 0 Å². The zero-order valence-corrected chi connectivity index (χ0v) is 12.3. The van der Waals surface area contributed by atoms with Gasteiger partial charge in [0.25, 0.3) is 0 Å². The Morgan fingerprint density at radius 2 is 1.89 bits per heavy atom. The Hall–Kier alpha value is -1.26. The highest BCUT2D eigenvalue weighted by Crippen LogP contribution is 2.22. The van der Waals surface area contributed by atoms with Crippen molar-refractivity contribution >= 4 is 0 Å². The summed E-state index contributed by atoms with van der Waals surface area (Å²) in [5.41, 5.74) is 0.805. The van der Waals surface area contributed by atoms with Gasteiger partial charge in [0.05, 0.1) is 0 Å². The van der Waals surface area contributed by atoms with Crippen molar-refractivity contribution in [1.29, 1.82) is 0 Å². The van der Waals surface area contributed by atoms with Gasteiger partial charge < -0.3 is 20.4 Å². The van der Waals surface area contributed by atoms with E-state index >= 15 is 0 Å². The molecule has 0 aliphatic rings. The summed E-state index contributed by atoms with van der Waals surface area (Å²) in [7, 11) is 4.18. The van der Waals surface area contributed by atoms with Crippen LogP contribution in [0, 0.1) is 5.92 Å². The van der Waals surface area contributed by atoms with Crippen molar-refractivity contribution in [2.75, 3.05) is 20.6 Å². The molecule has 0 saturated carbocycles. The maximum Gasteiger partial charge on any atom is 0.123 e. The lowest BCUT2D eigenvalue weighted by Crippen LogP contribution is -2.38. The zero-order valence-electron chi connectivity index (χ0n) is 12.3. The Morgan fingerprint density at radius 3 is 2.42 bits per heavy atom. The van der Waals surface area contributed by atoms with E-state index in [0.29, 0.717) is 18.5 Å². The summed E-state index contributed by atoms with van der Waals surface area (Å²) in [5.74, 6) is 0.890. The van der Waals surface area contributed by atoms with Crippen LogP contribution in [0.2, 0.25) is 0 Å². The Bertz CT molecular complexity index is 392. The number of hydrogen-bond acceptors (Lipinski definition) is 4. The maximum atomic E-state index is 9.70. The SMILES string of the molecule is CC(C)CC(CNCc1ccc(O)cc1O)N(C)C. The summed E-state index contributed by atoms with van der Waals surface area (Å²) in [6, 6.07) is 5.19. The molecule has 108 valence electrons. The molecule has 0 bridgehead atoms. The van der Waals surface area contributed by atoms with Crippen molar-refractivity contribution in [3.8, 4) is 11.5 Å². The molecule has 0 fully saturated rings. The number of benzene rings is 1. The van der Waals surface area contributed by atoms with E-state index < -0.39 is 0 Å². The van der Waals surface area contributed by atoms with Gasteiger partial charge in [-0.2, -0.15) is 0 Å². The third-order valence-electron chi connectivity index (χ3n) is 3.24. The highest BCUT2D eigenvalue weighted by atomic mass is 16.3. The molecule has 1 aromatic carbocycles. The highest BCUT2D eigenvalue weighted by molar-refractivity contribution is 5.38. The molecule has 0 amide bonds. The predicted molar refractivity (Wildman–Crippen MR) is 78.4 cm³/mol. The fourth-order valence-electron chi connectivity index (χ4n) is 2.10. The summed E-state index contributed by atoms with van der Waals surface area (Å²) in [6.45, 7) is 5.94. The van der Waals surface area contributed by atoms with Gasteiger partial charge in [0.2, 0.25) is 0 Å². The number of rotatable bonds is 7. The van der Waals surface area contributed by atoms with E-state index in [1.54, 1.807) is 12.1 Å². The summed E-state index contributed by atoms with van der Waals surface area (Å²) >= 11 is 0. The number of likely N-dealkylation sites (N-methyl/N-ethyl adjacent to an activating group) is 1. The minimum atomic E-state index is 0.0900. The molecule has 0 aliphatic heterocycles. The second kappa shape index (κ2) is 7.36. The van der Waals surface area contributed by atoms with E-state index in [0.717, 1.165) is 18.5 Å². The van der Waals surface area contributed by atoms with Crippen molar-refractivity contribution < 1.29 is 10.2 Å². The monoisotopic (exact) mass is 266 g/mol. The number of phenolic OH excluding ortho intramolecular Hbond substituents is 2. The van der Waals surface area contributed by atoms with E-state index in [4.69, 9.17) is 0 Å². The average molecular weight is 266 g/mol. The first-order valence-electron chi connectivity index (χ1n) is 6.78. The van der Waals surface area contributed by atoms with Gasteiger partial charge in [0, 0.05) is 30.8 Å². The molecule has 0 aromatic heterocycles. The largest absolute Gasteiger partial charge is 0.508 e. The lowest BCUT2D eigenvalue weighted by molar-refractivity contribution is 0.246. The van der Waals surface area contributed by atoms with Crippen LogP contribution in [-0.4, -0.2) is 41.8 Å². The summed E-state index contributed by atoms with van der Waals surface area (Å²) in [4.78, 5) is 2.23. The lowest BCUT2D eigenvalue weighted by atomic mass is 10.0. The van der Waals surface area contributed by atoms with Crippen LogP contribution in [0.15, 0.2) is 18.2 Å². The van der Waals surface area contributed by atoms with E-state index in [2.05, 4.69) is 38.2 Å². The summed E-state index contributed by atoms with van der Waals surface area (Å²) < 4.78 is 0. The van der Waals surface area contributed by atoms with Crippen LogP contribution in [0.4, 0.5) is 0 Å². The predicted octanol–water partition coefficient (Wildman–Crippen LogP) is 2.16. The van der Waals surface area contributed by atoms with Crippen molar-refractivity contribution in [2.24, 2.45) is 5.92 Å². The highest BCUT2D eigenvalue weighted by Gasteiger charge is 2.13. The van der Waals surface area contributed by atoms with Gasteiger partial charge in [-0.25, -0.2) is 0 Å². The fourth-order valence-corrected chi connectivity index (χ4v) is 2.10. The second-order valence-electron chi connectivity index (χ2n) is 5.69. The molecular formula is C15H26N2O2. The number of aromatic hydroxyl groups is 2. The molecular weight excluding hydrogens is 240 g/mol. The van der Waals surface area contributed by atoms with E-state index in [1.165, 1.54) is 6.07 Å². The first-order valence-corrected chi connectivity index (χ1v) is 6.78. The summed E-state index contributed by atoms with van der Waals surface area (Å²) in [5, 5.41) is 22.3. The first-order chi connectivity index (χ1) is 8.90. The maximum absolute atomic E-state index is 9.70. The molecule has 0 radical (unpaired) electrons. The molecule has 1 rings (SSSR count). The van der Waals surface area contributed by atoms with Crippen molar-refractivity contribution in [1.82, 2.24) is 10.2 Å². The molecule has 1 unspecified atom stereocenters. The van der Waals surface area contributed by atoms with Crippen LogP contribution < -0.4 is 5.32 Å². The van der Waals surface area contributed by atoms with Gasteiger partial charge >= 0.3 is 0 Å². The topological polar surface area (TPSA) is 55.7 Å². The van der Waals surface area contributed by atoms with E-state index in [9.17, 15) is 10.2 Å². The van der Waals surface area contributed by atoms with Crippen LogP contribution in [0.5, 0.6) is 11.5 Å². The molecule has 19 heavy (non-hydrogen) atoms. The minimum Gasteiger partial charge on any atom is -0.508 e. The molecule has 0 aliphatic carbocycles. The van der Waals surface area contributed by atoms with Crippen molar-refractivity contribution in [2.45, 2.75) is 32.9 Å². The zero-order chi connectivity index (χ0) is 14.4. The molecule has 0 spiro atoms. The minimum absolute atomic E-state index is 0.0900. The second-order valence-corrected chi connectivity index (χ2v) is 5.69. The van der Waals surface area contributed by atoms with Gasteiger partial charge in [-0.05, 0) is 32.5 Å². The molecule has 0 saturated heterocycles. The number of hydrogen-bond donors (Lipinski definition) is 3. The van der Waals surface area contributed by atoms with Gasteiger partial charge in [-0.3, -0.25) is 0 Å². The van der Waals surface area contributed by atoms with Gasteiger partial charge in [0.1, 0.15) is 11.5 Å². The Morgan fingerprint density at radius 1 is 1.21 bits per heavy atom. The van der Waals surface area contributed by atoms with E-state index in [-0.39, 0.29) is 11.5 Å². The molecule has 4 heteroatoms. The van der Waals surface area contributed by atoms with Crippen LogP contribution in [0.1, 0.15) is 25.8 Å². The standard InChI is InChI=1S/C15H26N2O2/c1-11(2)7-13(17(3)4)10-16-9-12-5-6-14(18)8-15(12)19/h5-6,8,11,13,16,18-19H,7,9-10H2,1-4H3. The number of nitrogens with zero attached hydrogens (tertiary/aromatic N) is 1. The number of nitrogens with one attached hydrogen (secondary N) is 1. The lowest BCUT2D eigenvalue weighted by Gasteiger charge is -2.26. The Labute approximate surface area is 116 Å².